The maximum Gasteiger partial charge on any atom is 0.261 e. The van der Waals surface area contributed by atoms with Crippen molar-refractivity contribution in [1.82, 2.24) is 9.38 Å². The molecule has 2 heterocycles. The molecule has 0 spiro atoms. The normalized spacial score (nSPS) is 12.9. The van der Waals surface area contributed by atoms with Gasteiger partial charge in [-0.3, -0.25) is 9.20 Å². The van der Waals surface area contributed by atoms with E-state index < -0.39 is 21.6 Å². The molecule has 0 aliphatic heterocycles. The summed E-state index contributed by atoms with van der Waals surface area (Å²) >= 11 is 0. The van der Waals surface area contributed by atoms with Crippen LogP contribution >= 0.6 is 0 Å². The molecule has 2 aromatic heterocycles. The van der Waals surface area contributed by atoms with Crippen molar-refractivity contribution < 1.29 is 13.5 Å². The standard InChI is InChI=1S/C17H18N4O4S/c1-10-7-12(17-20-15(22)8-16(23)21(17)9-10)11(2)19-13-5-3-4-6-14(13)26(18,24)25/h3-9,11,19,22H,1-2H3,(H2,18,24,25). The van der Waals surface area contributed by atoms with Gasteiger partial charge < -0.3 is 10.4 Å². The van der Waals surface area contributed by atoms with Gasteiger partial charge in [0.25, 0.3) is 5.56 Å². The van der Waals surface area contributed by atoms with Crippen LogP contribution in [0.3, 0.4) is 0 Å². The number of sulfonamides is 1. The van der Waals surface area contributed by atoms with E-state index in [1.807, 2.05) is 13.0 Å². The highest BCUT2D eigenvalue weighted by molar-refractivity contribution is 7.89. The molecule has 1 unspecified atom stereocenters. The summed E-state index contributed by atoms with van der Waals surface area (Å²) in [7, 11) is -3.90. The number of hydrogen-bond acceptors (Lipinski definition) is 6. The number of nitrogens with two attached hydrogens (primary N) is 1. The molecule has 1 atom stereocenters. The Balaban J connectivity index is 2.13. The van der Waals surface area contributed by atoms with Gasteiger partial charge in [0, 0.05) is 11.8 Å². The maximum absolute atomic E-state index is 12.1. The third-order valence-corrected chi connectivity index (χ3v) is 4.91. The number of fused-ring (bicyclic) bond motifs is 1. The van der Waals surface area contributed by atoms with Crippen LogP contribution in [0.4, 0.5) is 5.69 Å². The van der Waals surface area contributed by atoms with E-state index >= 15 is 0 Å². The van der Waals surface area contributed by atoms with Crippen molar-refractivity contribution >= 4 is 21.4 Å². The van der Waals surface area contributed by atoms with Crippen molar-refractivity contribution in [3.05, 3.63) is 64.1 Å². The van der Waals surface area contributed by atoms with Crippen molar-refractivity contribution in [2.24, 2.45) is 5.14 Å². The molecule has 4 N–H and O–H groups in total. The number of pyridine rings is 1. The highest BCUT2D eigenvalue weighted by Crippen LogP contribution is 2.27. The Kier molecular flexibility index (Phi) is 4.43. The first-order valence-corrected chi connectivity index (χ1v) is 9.33. The van der Waals surface area contributed by atoms with Gasteiger partial charge >= 0.3 is 0 Å². The Morgan fingerprint density at radius 2 is 1.96 bits per heavy atom. The third kappa shape index (κ3) is 3.39. The van der Waals surface area contributed by atoms with Crippen molar-refractivity contribution in [2.75, 3.05) is 5.32 Å². The molecule has 0 bridgehead atoms. The number of anilines is 1. The molecule has 136 valence electrons. The van der Waals surface area contributed by atoms with Gasteiger partial charge in [-0.05, 0) is 37.6 Å². The number of para-hydroxylation sites is 1. The Bertz CT molecular complexity index is 1160. The molecule has 0 saturated carbocycles. The highest BCUT2D eigenvalue weighted by atomic mass is 32.2. The molecule has 3 aromatic rings. The Morgan fingerprint density at radius 3 is 2.65 bits per heavy atom. The van der Waals surface area contributed by atoms with Crippen LogP contribution in [0, 0.1) is 6.92 Å². The molecule has 26 heavy (non-hydrogen) atoms. The first-order valence-electron chi connectivity index (χ1n) is 7.78. The fourth-order valence-electron chi connectivity index (χ4n) is 2.82. The average Bonchev–Trinajstić information content (AvgIpc) is 2.54. The number of aromatic nitrogens is 2. The lowest BCUT2D eigenvalue weighted by atomic mass is 10.1. The van der Waals surface area contributed by atoms with Crippen molar-refractivity contribution in [1.29, 1.82) is 0 Å². The Hall–Kier alpha value is -2.91. The van der Waals surface area contributed by atoms with Gasteiger partial charge in [-0.1, -0.05) is 12.1 Å². The van der Waals surface area contributed by atoms with Crippen LogP contribution in [0.5, 0.6) is 5.88 Å². The monoisotopic (exact) mass is 374 g/mol. The molecule has 1 aromatic carbocycles. The lowest BCUT2D eigenvalue weighted by molar-refractivity contribution is 0.452. The summed E-state index contributed by atoms with van der Waals surface area (Å²) in [6.07, 6.45) is 1.62. The largest absolute Gasteiger partial charge is 0.493 e. The zero-order valence-electron chi connectivity index (χ0n) is 14.2. The summed E-state index contributed by atoms with van der Waals surface area (Å²) in [6.45, 7) is 3.62. The Labute approximate surface area is 150 Å². The predicted molar refractivity (Wildman–Crippen MR) is 97.7 cm³/mol. The van der Waals surface area contributed by atoms with E-state index in [9.17, 15) is 18.3 Å². The molecule has 8 nitrogen and oxygen atoms in total. The molecule has 0 radical (unpaired) electrons. The minimum Gasteiger partial charge on any atom is -0.493 e. The van der Waals surface area contributed by atoms with Crippen molar-refractivity contribution in [2.45, 2.75) is 24.8 Å². The van der Waals surface area contributed by atoms with Crippen LogP contribution in [-0.4, -0.2) is 22.9 Å². The molecule has 0 amide bonds. The molecule has 0 saturated heterocycles. The lowest BCUT2D eigenvalue weighted by Gasteiger charge is -2.19. The van der Waals surface area contributed by atoms with Crippen LogP contribution in [-0.2, 0) is 10.0 Å². The fourth-order valence-corrected chi connectivity index (χ4v) is 3.52. The number of rotatable bonds is 4. The zero-order chi connectivity index (χ0) is 19.1. The third-order valence-electron chi connectivity index (χ3n) is 3.94. The van der Waals surface area contributed by atoms with E-state index in [1.165, 1.54) is 10.5 Å². The molecule has 9 heteroatoms. The SMILES string of the molecule is Cc1cc(C(C)Nc2ccccc2S(N)(=O)=O)c2nc(O)cc(=O)n2c1. The second kappa shape index (κ2) is 6.43. The molecule has 3 rings (SSSR count). The van der Waals surface area contributed by atoms with Gasteiger partial charge in [0.15, 0.2) is 0 Å². The second-order valence-electron chi connectivity index (χ2n) is 6.03. The quantitative estimate of drug-likeness (QED) is 0.636. The maximum atomic E-state index is 12.1. The van der Waals surface area contributed by atoms with Gasteiger partial charge in [0.1, 0.15) is 10.5 Å². The van der Waals surface area contributed by atoms with Crippen molar-refractivity contribution in [3.63, 3.8) is 0 Å². The van der Waals surface area contributed by atoms with Crippen LogP contribution in [0.25, 0.3) is 5.65 Å². The van der Waals surface area contributed by atoms with Gasteiger partial charge in [-0.25, -0.2) is 13.6 Å². The first kappa shape index (κ1) is 17.9. The molecular formula is C17H18N4O4S. The van der Waals surface area contributed by atoms with Crippen LogP contribution in [0.15, 0.2) is 52.3 Å². The number of primary sulfonamides is 1. The molecular weight excluding hydrogens is 356 g/mol. The van der Waals surface area contributed by atoms with Crippen LogP contribution in [0.2, 0.25) is 0 Å². The summed E-state index contributed by atoms with van der Waals surface area (Å²) < 4.78 is 24.9. The number of aromatic hydroxyl groups is 1. The van der Waals surface area contributed by atoms with E-state index in [0.717, 1.165) is 11.6 Å². The van der Waals surface area contributed by atoms with E-state index in [0.29, 0.717) is 11.3 Å². The minimum absolute atomic E-state index is 0.0308. The smallest absolute Gasteiger partial charge is 0.261 e. The number of aryl methyl sites for hydroxylation is 1. The molecule has 0 aliphatic rings. The van der Waals surface area contributed by atoms with Gasteiger partial charge in [0.2, 0.25) is 15.9 Å². The highest BCUT2D eigenvalue weighted by Gasteiger charge is 2.18. The average molecular weight is 374 g/mol. The summed E-state index contributed by atoms with van der Waals surface area (Å²) in [4.78, 5) is 16.1. The van der Waals surface area contributed by atoms with E-state index in [2.05, 4.69) is 10.3 Å². The Morgan fingerprint density at radius 1 is 1.27 bits per heavy atom. The molecule has 0 fully saturated rings. The van der Waals surface area contributed by atoms with E-state index in [1.54, 1.807) is 31.3 Å². The minimum atomic E-state index is -3.90. The van der Waals surface area contributed by atoms with Gasteiger partial charge in [-0.2, -0.15) is 4.98 Å². The van der Waals surface area contributed by atoms with Crippen LogP contribution < -0.4 is 16.0 Å². The van der Waals surface area contributed by atoms with Crippen LogP contribution in [0.1, 0.15) is 24.1 Å². The molecule has 0 aliphatic carbocycles. The van der Waals surface area contributed by atoms with Crippen molar-refractivity contribution in [3.8, 4) is 5.88 Å². The predicted octanol–water partition coefficient (Wildman–Crippen LogP) is 1.53. The van der Waals surface area contributed by atoms with Gasteiger partial charge in [0.05, 0.1) is 17.8 Å². The second-order valence-corrected chi connectivity index (χ2v) is 7.56. The summed E-state index contributed by atoms with van der Waals surface area (Å²) in [5, 5.41) is 18.0. The number of hydrogen-bond donors (Lipinski definition) is 3. The topological polar surface area (TPSA) is 127 Å². The van der Waals surface area contributed by atoms with E-state index in [-0.39, 0.29) is 16.4 Å². The lowest BCUT2D eigenvalue weighted by Crippen LogP contribution is -2.19. The summed E-state index contributed by atoms with van der Waals surface area (Å²) in [5.41, 5.74) is 1.66. The number of nitrogens with zero attached hydrogens (tertiary/aromatic N) is 2. The fraction of sp³-hybridized carbons (Fsp3) is 0.176. The first-order chi connectivity index (χ1) is 12.2. The summed E-state index contributed by atoms with van der Waals surface area (Å²) in [6, 6.07) is 8.71. The number of benzene rings is 1. The van der Waals surface area contributed by atoms with E-state index in [4.69, 9.17) is 5.14 Å². The zero-order valence-corrected chi connectivity index (χ0v) is 15.0. The number of nitrogens with one attached hydrogen (secondary N) is 1. The summed E-state index contributed by atoms with van der Waals surface area (Å²) in [5.74, 6) is -0.378. The van der Waals surface area contributed by atoms with Gasteiger partial charge in [-0.15, -0.1) is 0 Å².